The number of amides is 2. The van der Waals surface area contributed by atoms with Crippen LogP contribution in [0.4, 0.5) is 10.1 Å². The molecule has 0 bridgehead atoms. The number of anilines is 1. The molecule has 0 unspecified atom stereocenters. The van der Waals surface area contributed by atoms with Gasteiger partial charge in [0.15, 0.2) is 0 Å². The van der Waals surface area contributed by atoms with Gasteiger partial charge < -0.3 is 15.0 Å². The Morgan fingerprint density at radius 3 is 2.22 bits per heavy atom. The third kappa shape index (κ3) is 9.31. The maximum Gasteiger partial charge on any atom is 0.243 e. The monoisotopic (exact) mass is 583 g/mol. The summed E-state index contributed by atoms with van der Waals surface area (Å²) in [5.74, 6) is -0.564. The van der Waals surface area contributed by atoms with Gasteiger partial charge in [-0.3, -0.25) is 13.9 Å². The van der Waals surface area contributed by atoms with Crippen LogP contribution in [0.15, 0.2) is 78.9 Å². The van der Waals surface area contributed by atoms with Crippen molar-refractivity contribution in [3.63, 3.8) is 0 Å². The number of hydrogen-bond donors (Lipinski definition) is 1. The van der Waals surface area contributed by atoms with Crippen LogP contribution < -0.4 is 14.4 Å². The molecule has 1 N–H and O–H groups in total. The zero-order valence-electron chi connectivity index (χ0n) is 23.8. The molecule has 2 amide bonds. The fourth-order valence-electron chi connectivity index (χ4n) is 4.54. The number of ether oxygens (including phenoxy) is 1. The van der Waals surface area contributed by atoms with Gasteiger partial charge in [-0.1, -0.05) is 48.5 Å². The molecule has 10 heteroatoms. The van der Waals surface area contributed by atoms with E-state index in [0.29, 0.717) is 24.6 Å². The van der Waals surface area contributed by atoms with Crippen molar-refractivity contribution in [1.82, 2.24) is 10.2 Å². The highest BCUT2D eigenvalue weighted by molar-refractivity contribution is 7.92. The normalized spacial score (nSPS) is 11.9. The molecular formula is C31H38FN3O5S. The molecule has 3 aromatic carbocycles. The van der Waals surface area contributed by atoms with Crippen molar-refractivity contribution in [2.75, 3.05) is 30.3 Å². The number of rotatable bonds is 15. The first-order valence-electron chi connectivity index (χ1n) is 13.7. The van der Waals surface area contributed by atoms with Gasteiger partial charge in [0.05, 0.1) is 18.6 Å². The first-order chi connectivity index (χ1) is 19.6. The van der Waals surface area contributed by atoms with Gasteiger partial charge in [0.2, 0.25) is 21.8 Å². The predicted molar refractivity (Wildman–Crippen MR) is 159 cm³/mol. The number of benzene rings is 3. The van der Waals surface area contributed by atoms with Gasteiger partial charge in [-0.15, -0.1) is 0 Å². The van der Waals surface area contributed by atoms with E-state index in [1.54, 1.807) is 49.4 Å². The lowest BCUT2D eigenvalue weighted by atomic mass is 10.0. The predicted octanol–water partition coefficient (Wildman–Crippen LogP) is 4.55. The quantitative estimate of drug-likeness (QED) is 0.283. The van der Waals surface area contributed by atoms with Gasteiger partial charge in [-0.05, 0) is 56.2 Å². The van der Waals surface area contributed by atoms with E-state index in [9.17, 15) is 22.4 Å². The highest BCUT2D eigenvalue weighted by atomic mass is 32.2. The summed E-state index contributed by atoms with van der Waals surface area (Å²) in [6.07, 6.45) is 1.51. The van der Waals surface area contributed by atoms with Crippen molar-refractivity contribution in [2.24, 2.45) is 0 Å². The van der Waals surface area contributed by atoms with Crippen molar-refractivity contribution in [3.8, 4) is 5.75 Å². The lowest BCUT2D eigenvalue weighted by molar-refractivity contribution is -0.141. The molecule has 0 radical (unpaired) electrons. The van der Waals surface area contributed by atoms with Gasteiger partial charge >= 0.3 is 0 Å². The fourth-order valence-corrected chi connectivity index (χ4v) is 5.50. The average molecular weight is 584 g/mol. The lowest BCUT2D eigenvalue weighted by Crippen LogP contribution is -2.50. The van der Waals surface area contributed by atoms with Crippen LogP contribution in [-0.2, 0) is 32.6 Å². The summed E-state index contributed by atoms with van der Waals surface area (Å²) in [7, 11) is -3.64. The first kappa shape index (κ1) is 31.6. The number of likely N-dealkylation sites (N-methyl/N-ethyl adjacent to an activating group) is 1. The standard InChI is InChI=1S/C31H38FN3O5S/c1-4-33-31(37)29(22-24-12-7-6-8-13-24)34(23-25-14-9-10-15-28(25)32)30(36)16-11-21-35(41(3,38)39)26-17-19-27(20-18-26)40-5-2/h6-10,12-15,17-20,29H,4-5,11,16,21-23H2,1-3H3,(H,33,37)/t29-/m0/s1. The van der Waals surface area contributed by atoms with Crippen LogP contribution in [0.2, 0.25) is 0 Å². The summed E-state index contributed by atoms with van der Waals surface area (Å²) in [4.78, 5) is 28.4. The lowest BCUT2D eigenvalue weighted by Gasteiger charge is -2.32. The zero-order chi connectivity index (χ0) is 29.8. The maximum absolute atomic E-state index is 14.7. The molecule has 0 aromatic heterocycles. The van der Waals surface area contributed by atoms with Crippen LogP contribution in [0.5, 0.6) is 5.75 Å². The number of nitrogens with zero attached hydrogens (tertiary/aromatic N) is 2. The summed E-state index contributed by atoms with van der Waals surface area (Å²) < 4.78 is 46.6. The van der Waals surface area contributed by atoms with Gasteiger partial charge in [0.25, 0.3) is 0 Å². The molecule has 41 heavy (non-hydrogen) atoms. The Morgan fingerprint density at radius 1 is 0.951 bits per heavy atom. The molecule has 8 nitrogen and oxygen atoms in total. The van der Waals surface area contributed by atoms with E-state index in [1.807, 2.05) is 37.3 Å². The Balaban J connectivity index is 1.85. The van der Waals surface area contributed by atoms with E-state index in [1.165, 1.54) is 15.3 Å². The topological polar surface area (TPSA) is 96.0 Å². The SMILES string of the molecule is CCNC(=O)[C@H](Cc1ccccc1)N(Cc1ccccc1F)C(=O)CCCN(c1ccc(OCC)cc1)S(C)(=O)=O. The summed E-state index contributed by atoms with van der Waals surface area (Å²) in [5.41, 5.74) is 1.60. The second kappa shape index (κ2) is 15.2. The van der Waals surface area contributed by atoms with E-state index >= 15 is 0 Å². The summed E-state index contributed by atoms with van der Waals surface area (Å²) in [6.45, 7) is 4.46. The van der Waals surface area contributed by atoms with Gasteiger partial charge in [0, 0.05) is 38.0 Å². The van der Waals surface area contributed by atoms with Crippen molar-refractivity contribution in [1.29, 1.82) is 0 Å². The van der Waals surface area contributed by atoms with Gasteiger partial charge in [-0.2, -0.15) is 0 Å². The summed E-state index contributed by atoms with van der Waals surface area (Å²) in [5, 5.41) is 2.81. The van der Waals surface area contributed by atoms with Crippen LogP contribution in [0.1, 0.15) is 37.8 Å². The average Bonchev–Trinajstić information content (AvgIpc) is 2.94. The minimum Gasteiger partial charge on any atom is -0.494 e. The van der Waals surface area contributed by atoms with Crippen LogP contribution in [-0.4, -0.2) is 57.1 Å². The maximum atomic E-state index is 14.7. The highest BCUT2D eigenvalue weighted by Crippen LogP contribution is 2.23. The Bertz CT molecular complexity index is 1380. The summed E-state index contributed by atoms with van der Waals surface area (Å²) >= 11 is 0. The summed E-state index contributed by atoms with van der Waals surface area (Å²) in [6, 6.07) is 21.3. The molecule has 0 saturated heterocycles. The fraction of sp³-hybridized carbons (Fsp3) is 0.355. The second-order valence-electron chi connectivity index (χ2n) is 9.58. The molecule has 0 aliphatic heterocycles. The van der Waals surface area contributed by atoms with Crippen molar-refractivity contribution in [2.45, 2.75) is 45.7 Å². The molecular weight excluding hydrogens is 545 g/mol. The minimum atomic E-state index is -3.64. The van der Waals surface area contributed by atoms with Crippen LogP contribution in [0.3, 0.4) is 0 Å². The Labute approximate surface area is 242 Å². The van der Waals surface area contributed by atoms with E-state index < -0.39 is 21.9 Å². The number of halogens is 1. The number of nitrogens with one attached hydrogen (secondary N) is 1. The second-order valence-corrected chi connectivity index (χ2v) is 11.5. The molecule has 3 rings (SSSR count). The first-order valence-corrected chi connectivity index (χ1v) is 15.5. The van der Waals surface area contributed by atoms with E-state index in [4.69, 9.17) is 4.74 Å². The van der Waals surface area contributed by atoms with Crippen molar-refractivity contribution < 1.29 is 27.1 Å². The molecule has 0 saturated carbocycles. The smallest absolute Gasteiger partial charge is 0.243 e. The third-order valence-electron chi connectivity index (χ3n) is 6.51. The van der Waals surface area contributed by atoms with Crippen molar-refractivity contribution >= 4 is 27.5 Å². The highest BCUT2D eigenvalue weighted by Gasteiger charge is 2.30. The molecule has 1 atom stereocenters. The largest absolute Gasteiger partial charge is 0.494 e. The molecule has 0 spiro atoms. The molecule has 0 fully saturated rings. The molecule has 0 aliphatic rings. The number of carbonyl (C=O) groups excluding carboxylic acids is 2. The molecule has 0 heterocycles. The molecule has 220 valence electrons. The van der Waals surface area contributed by atoms with Gasteiger partial charge in [0.1, 0.15) is 17.6 Å². The minimum absolute atomic E-state index is 0.0395. The molecule has 0 aliphatic carbocycles. The van der Waals surface area contributed by atoms with E-state index in [0.717, 1.165) is 11.8 Å². The van der Waals surface area contributed by atoms with Crippen LogP contribution in [0, 0.1) is 5.82 Å². The van der Waals surface area contributed by atoms with Crippen LogP contribution in [0.25, 0.3) is 0 Å². The van der Waals surface area contributed by atoms with Crippen LogP contribution >= 0.6 is 0 Å². The third-order valence-corrected chi connectivity index (χ3v) is 7.70. The van der Waals surface area contributed by atoms with Gasteiger partial charge in [-0.25, -0.2) is 12.8 Å². The van der Waals surface area contributed by atoms with Crippen molar-refractivity contribution in [3.05, 3.63) is 95.8 Å². The number of hydrogen-bond acceptors (Lipinski definition) is 5. The zero-order valence-corrected chi connectivity index (χ0v) is 24.6. The number of carbonyl (C=O) groups is 2. The Morgan fingerprint density at radius 2 is 1.61 bits per heavy atom. The molecule has 3 aromatic rings. The van der Waals surface area contributed by atoms with E-state index in [2.05, 4.69) is 5.32 Å². The van der Waals surface area contributed by atoms with E-state index in [-0.39, 0.29) is 49.7 Å². The number of sulfonamides is 1. The Kier molecular flexibility index (Phi) is 11.7. The Hall–Kier alpha value is -3.92.